The number of benzene rings is 3. The quantitative estimate of drug-likeness (QED) is 0.376. The van der Waals surface area contributed by atoms with E-state index in [0.717, 1.165) is 18.2 Å². The molecule has 3 aromatic rings. The summed E-state index contributed by atoms with van der Waals surface area (Å²) in [6.07, 6.45) is -3.45. The normalized spacial score (nSPS) is 9.59. The van der Waals surface area contributed by atoms with Crippen LogP contribution >= 0.6 is 0 Å². The van der Waals surface area contributed by atoms with Crippen molar-refractivity contribution in [3.8, 4) is 40.5 Å². The van der Waals surface area contributed by atoms with Gasteiger partial charge in [0.2, 0.25) is 0 Å². The van der Waals surface area contributed by atoms with Crippen molar-refractivity contribution in [2.45, 2.75) is 13.3 Å². The number of rotatable bonds is 3. The highest BCUT2D eigenvalue weighted by Gasteiger charge is 2.30. The van der Waals surface area contributed by atoms with Gasteiger partial charge >= 0.3 is 5.82 Å². The average Bonchev–Trinajstić information content (AvgIpc) is 2.94. The smallest absolute Gasteiger partial charge is 0.250 e. The summed E-state index contributed by atoms with van der Waals surface area (Å²) in [5, 5.41) is 27.1. The number of halogens is 3. The van der Waals surface area contributed by atoms with E-state index in [2.05, 4.69) is 19.4 Å². The fourth-order valence-corrected chi connectivity index (χ4v) is 4.08. The maximum absolute atomic E-state index is 16.5. The van der Waals surface area contributed by atoms with Gasteiger partial charge in [-0.2, -0.15) is 25.5 Å². The lowest BCUT2D eigenvalue weighted by molar-refractivity contribution is 0.151. The predicted molar refractivity (Wildman–Crippen MR) is 135 cm³/mol. The second-order valence-electron chi connectivity index (χ2n) is 7.74. The monoisotopic (exact) mass is 513 g/mol. The average molecular weight is 513 g/mol. The van der Waals surface area contributed by atoms with Gasteiger partial charge in [-0.25, -0.2) is 13.2 Å². The zero-order chi connectivity index (χ0) is 28.9. The molecule has 7 nitrogen and oxygen atoms in total. The van der Waals surface area contributed by atoms with Crippen LogP contribution in [0.25, 0.3) is 53.0 Å². The molecule has 3 rings (SSSR count). The highest BCUT2D eigenvalue weighted by Crippen LogP contribution is 2.37. The highest BCUT2D eigenvalue weighted by molar-refractivity contribution is 5.88. The number of aryl methyl sites for hydroxylation is 1. The SMILES string of the molecule is [C-]#[N+]C([N+]#[C-])=c1c(F)c(-c2ccc(C#N)c(C)c2)c(=C(C#N)C#N)c(C(F)F)c1-c1ccc([N+]#[C-])c([N+]#[C-])c1. The Morgan fingerprint density at radius 1 is 0.821 bits per heavy atom. The molecule has 0 bridgehead atoms. The lowest BCUT2D eigenvalue weighted by Gasteiger charge is -2.17. The lowest BCUT2D eigenvalue weighted by atomic mass is 9.87. The number of nitriles is 3. The Hall–Kier alpha value is -6.38. The Morgan fingerprint density at radius 2 is 1.41 bits per heavy atom. The summed E-state index contributed by atoms with van der Waals surface area (Å²) in [5.41, 5.74) is -3.24. The van der Waals surface area contributed by atoms with E-state index in [1.807, 2.05) is 6.07 Å². The predicted octanol–water partition coefficient (Wildman–Crippen LogP) is 6.48. The molecule has 0 fully saturated rings. The Labute approximate surface area is 220 Å². The van der Waals surface area contributed by atoms with Crippen LogP contribution in [-0.2, 0) is 0 Å². The molecule has 0 saturated carbocycles. The topological polar surface area (TPSA) is 88.8 Å². The van der Waals surface area contributed by atoms with E-state index < -0.39 is 50.8 Å². The molecule has 0 N–H and O–H groups in total. The van der Waals surface area contributed by atoms with Crippen molar-refractivity contribution < 1.29 is 13.2 Å². The number of nitrogens with zero attached hydrogens (tertiary/aromatic N) is 7. The third-order valence-corrected chi connectivity index (χ3v) is 5.75. The Bertz CT molecular complexity index is 1960. The fraction of sp³-hybridized carbons (Fsp3) is 0.0690. The summed E-state index contributed by atoms with van der Waals surface area (Å²) in [4.78, 5) is 12.5. The van der Waals surface area contributed by atoms with Gasteiger partial charge in [0, 0.05) is 16.3 Å². The zero-order valence-electron chi connectivity index (χ0n) is 19.8. The third-order valence-electron chi connectivity index (χ3n) is 5.75. The molecular weight excluding hydrogens is 503 g/mol. The molecular formula is C29H10F3N7. The van der Waals surface area contributed by atoms with E-state index in [1.54, 1.807) is 0 Å². The first-order valence-corrected chi connectivity index (χ1v) is 10.6. The zero-order valence-corrected chi connectivity index (χ0v) is 19.8. The summed E-state index contributed by atoms with van der Waals surface area (Å²) >= 11 is 0. The lowest BCUT2D eigenvalue weighted by Crippen LogP contribution is -2.29. The standard InChI is InChI=1S/C29H10F3N7/c1-15-10-16(6-7-18(15)12-33)24-23(19(13-34)14-35)25(28(31)32)22(26(27(24)30)29(38-4)39-5)17-8-9-20(36-2)21(11-17)37-3/h6-11,28H,1H3. The second-order valence-corrected chi connectivity index (χ2v) is 7.74. The van der Waals surface area contributed by atoms with Gasteiger partial charge in [0.15, 0.2) is 11.4 Å². The molecule has 0 aliphatic carbocycles. The van der Waals surface area contributed by atoms with Crippen molar-refractivity contribution in [1.29, 1.82) is 15.8 Å². The number of alkyl halides is 2. The van der Waals surface area contributed by atoms with Crippen LogP contribution in [0.4, 0.5) is 24.5 Å². The maximum Gasteiger partial charge on any atom is 0.530 e. The molecule has 0 unspecified atom stereocenters. The van der Waals surface area contributed by atoms with Crippen LogP contribution in [0.5, 0.6) is 0 Å². The van der Waals surface area contributed by atoms with Gasteiger partial charge in [-0.15, -0.1) is 0 Å². The summed E-state index contributed by atoms with van der Waals surface area (Å²) < 4.78 is 46.4. The minimum absolute atomic E-state index is 0.0730. The van der Waals surface area contributed by atoms with Gasteiger partial charge < -0.3 is 0 Å². The van der Waals surface area contributed by atoms with Crippen LogP contribution in [0.15, 0.2) is 36.4 Å². The van der Waals surface area contributed by atoms with E-state index in [0.29, 0.717) is 5.56 Å². The van der Waals surface area contributed by atoms with E-state index in [-0.39, 0.29) is 28.1 Å². The molecule has 0 aromatic heterocycles. The summed E-state index contributed by atoms with van der Waals surface area (Å²) in [7, 11) is 0. The summed E-state index contributed by atoms with van der Waals surface area (Å²) in [6.45, 7) is 30.9. The molecule has 0 radical (unpaired) electrons. The van der Waals surface area contributed by atoms with Crippen molar-refractivity contribution in [1.82, 2.24) is 0 Å². The molecule has 39 heavy (non-hydrogen) atoms. The molecule has 0 heterocycles. The van der Waals surface area contributed by atoms with Crippen molar-refractivity contribution in [2.75, 3.05) is 0 Å². The first-order chi connectivity index (χ1) is 18.7. The molecule has 0 amide bonds. The van der Waals surface area contributed by atoms with E-state index in [9.17, 15) is 24.6 Å². The molecule has 10 heteroatoms. The van der Waals surface area contributed by atoms with Crippen LogP contribution in [0.3, 0.4) is 0 Å². The van der Waals surface area contributed by atoms with Gasteiger partial charge in [-0.1, -0.05) is 24.3 Å². The molecule has 0 aliphatic rings. The Morgan fingerprint density at radius 3 is 1.90 bits per heavy atom. The Kier molecular flexibility index (Phi) is 7.76. The van der Waals surface area contributed by atoms with Crippen molar-refractivity contribution in [3.63, 3.8) is 0 Å². The van der Waals surface area contributed by atoms with Crippen LogP contribution in [0, 0.1) is 73.0 Å². The van der Waals surface area contributed by atoms with E-state index in [1.165, 1.54) is 37.3 Å². The Balaban J connectivity index is 2.88. The first kappa shape index (κ1) is 27.2. The molecule has 182 valence electrons. The highest BCUT2D eigenvalue weighted by atomic mass is 19.3. The summed E-state index contributed by atoms with van der Waals surface area (Å²) in [6, 6.07) is 12.2. The third kappa shape index (κ3) is 4.60. The van der Waals surface area contributed by atoms with Gasteiger partial charge in [-0.05, 0) is 41.3 Å². The number of hydrogen-bond donors (Lipinski definition) is 0. The van der Waals surface area contributed by atoms with Gasteiger partial charge in [0.05, 0.1) is 24.8 Å². The number of hydrogen-bond acceptors (Lipinski definition) is 3. The van der Waals surface area contributed by atoms with Crippen LogP contribution in [0.2, 0.25) is 0 Å². The molecule has 3 aromatic carbocycles. The van der Waals surface area contributed by atoms with Gasteiger partial charge in [0.1, 0.15) is 41.9 Å². The van der Waals surface area contributed by atoms with Crippen molar-refractivity contribution in [3.05, 3.63) is 115 Å². The van der Waals surface area contributed by atoms with E-state index in [4.69, 9.17) is 26.3 Å². The van der Waals surface area contributed by atoms with Gasteiger partial charge in [0.25, 0.3) is 6.43 Å². The van der Waals surface area contributed by atoms with Crippen LogP contribution < -0.4 is 10.4 Å². The molecule has 0 spiro atoms. The second kappa shape index (κ2) is 11.1. The first-order valence-electron chi connectivity index (χ1n) is 10.6. The van der Waals surface area contributed by atoms with Gasteiger partial charge in [-0.3, -0.25) is 9.69 Å². The van der Waals surface area contributed by atoms with E-state index >= 15 is 4.39 Å². The van der Waals surface area contributed by atoms with Crippen LogP contribution in [-0.4, -0.2) is 0 Å². The minimum Gasteiger partial charge on any atom is -0.250 e. The summed E-state index contributed by atoms with van der Waals surface area (Å²) in [5.74, 6) is -2.23. The largest absolute Gasteiger partial charge is 0.530 e. The molecule has 0 atom stereocenters. The van der Waals surface area contributed by atoms with Crippen molar-refractivity contribution >= 4 is 22.8 Å². The minimum atomic E-state index is -3.45. The van der Waals surface area contributed by atoms with Crippen LogP contribution in [0.1, 0.15) is 23.1 Å². The maximum atomic E-state index is 16.5. The fourth-order valence-electron chi connectivity index (χ4n) is 4.08. The molecule has 0 saturated heterocycles. The molecule has 0 aliphatic heterocycles. The van der Waals surface area contributed by atoms with Crippen molar-refractivity contribution in [2.24, 2.45) is 0 Å².